The second-order valence-electron chi connectivity index (χ2n) is 18.5. The van der Waals surface area contributed by atoms with Crippen molar-refractivity contribution in [2.45, 2.75) is 78.6 Å². The highest BCUT2D eigenvalue weighted by molar-refractivity contribution is 8.28. The molecule has 9 N–H and O–H groups in total. The fourth-order valence-electron chi connectivity index (χ4n) is 7.20. The maximum absolute atomic E-state index is 13.4. The van der Waals surface area contributed by atoms with Crippen LogP contribution in [0.15, 0.2) is 12.3 Å². The van der Waals surface area contributed by atoms with E-state index in [0.717, 1.165) is 43.4 Å². The van der Waals surface area contributed by atoms with Crippen molar-refractivity contribution in [2.75, 3.05) is 157 Å². The first-order chi connectivity index (χ1) is 39.5. The van der Waals surface area contributed by atoms with Crippen LogP contribution in [0.2, 0.25) is 0 Å². The molecule has 0 bridgehead atoms. The molecule has 472 valence electrons. The van der Waals surface area contributed by atoms with Gasteiger partial charge in [-0.15, -0.1) is 11.5 Å². The van der Waals surface area contributed by atoms with E-state index in [4.69, 9.17) is 37.9 Å². The lowest BCUT2D eigenvalue weighted by atomic mass is 9.83. The Balaban J connectivity index is 2.22. The van der Waals surface area contributed by atoms with Gasteiger partial charge in [-0.1, -0.05) is 70.0 Å². The summed E-state index contributed by atoms with van der Waals surface area (Å²) in [5.74, 6) is -2.84. The molecule has 1 saturated heterocycles. The summed E-state index contributed by atoms with van der Waals surface area (Å²) in [5.41, 5.74) is 0. The third-order valence-electron chi connectivity index (χ3n) is 11.8. The van der Waals surface area contributed by atoms with Crippen molar-refractivity contribution in [1.82, 2.24) is 46.2 Å². The lowest BCUT2D eigenvalue weighted by Gasteiger charge is -2.24. The summed E-state index contributed by atoms with van der Waals surface area (Å²) in [7, 11) is 0. The molecular weight excluding hydrogens is 1120 g/mol. The Morgan fingerprint density at radius 3 is 1.45 bits per heavy atom. The molecule has 0 aromatic heterocycles. The molecule has 1 rings (SSSR count). The molecular formula is C52H93N9O19S2. The summed E-state index contributed by atoms with van der Waals surface area (Å²) >= 11 is -1.63. The number of hydrogen-bond acceptors (Lipinski definition) is 19. The predicted octanol–water partition coefficient (Wildman–Crippen LogP) is -0.769. The Bertz CT molecular complexity index is 1940. The number of unbranched alkanes of at least 4 members (excludes halogenated alkanes) is 2. The fraction of sp³-hybridized carbons (Fsp3) is 0.750. The minimum absolute atomic E-state index is 0.00118. The van der Waals surface area contributed by atoms with Gasteiger partial charge in [0.05, 0.1) is 150 Å². The molecule has 1 heterocycles. The summed E-state index contributed by atoms with van der Waals surface area (Å²) < 4.78 is 48.5. The van der Waals surface area contributed by atoms with Crippen molar-refractivity contribution >= 4 is 86.9 Å². The number of imide groups is 1. The van der Waals surface area contributed by atoms with Crippen LogP contribution in [0.25, 0.3) is 0 Å². The van der Waals surface area contributed by atoms with Crippen LogP contribution in [0.1, 0.15) is 78.6 Å². The molecule has 3 atom stereocenters. The zero-order chi connectivity index (χ0) is 60.6. The van der Waals surface area contributed by atoms with Crippen LogP contribution in [0, 0.1) is 17.8 Å². The number of carbonyl (C=O) groups excluding carboxylic acids is 10. The van der Waals surface area contributed by atoms with Gasteiger partial charge in [0.25, 0.3) is 5.24 Å². The van der Waals surface area contributed by atoms with Crippen LogP contribution in [-0.4, -0.2) is 232 Å². The van der Waals surface area contributed by atoms with Crippen LogP contribution in [0.5, 0.6) is 0 Å². The van der Waals surface area contributed by atoms with Crippen molar-refractivity contribution in [1.29, 1.82) is 0 Å². The number of aliphatic hydroxyl groups excluding tert-OH is 1. The molecule has 10 amide bonds. The molecule has 1 aliphatic heterocycles. The van der Waals surface area contributed by atoms with Gasteiger partial charge in [-0.05, 0) is 18.8 Å². The fourth-order valence-corrected chi connectivity index (χ4v) is 8.97. The van der Waals surface area contributed by atoms with E-state index in [1.54, 1.807) is 6.92 Å². The number of nitrogens with zero attached hydrogens (tertiary/aromatic N) is 1. The average molecular weight is 1210 g/mol. The van der Waals surface area contributed by atoms with Crippen molar-refractivity contribution in [3.8, 4) is 0 Å². The molecule has 28 nitrogen and oxygen atoms in total. The first-order valence-electron chi connectivity index (χ1n) is 27.8. The van der Waals surface area contributed by atoms with E-state index in [-0.39, 0.29) is 75.4 Å². The number of hydrogen-bond donors (Lipinski definition) is 11. The number of nitrogens with one attached hydrogen (secondary N) is 8. The van der Waals surface area contributed by atoms with Crippen molar-refractivity contribution in [2.24, 2.45) is 17.8 Å². The van der Waals surface area contributed by atoms with Gasteiger partial charge in [0.2, 0.25) is 53.2 Å². The summed E-state index contributed by atoms with van der Waals surface area (Å²) in [4.78, 5) is 127. The number of likely N-dealkylation sites (tertiary alicyclic amines) is 1. The Morgan fingerprint density at radius 1 is 0.585 bits per heavy atom. The number of carbonyl (C=O) groups is 10. The number of thiol groups is 2. The van der Waals surface area contributed by atoms with Gasteiger partial charge in [-0.2, -0.15) is 0 Å². The zero-order valence-electron chi connectivity index (χ0n) is 48.1. The van der Waals surface area contributed by atoms with Gasteiger partial charge in [0.1, 0.15) is 6.54 Å². The van der Waals surface area contributed by atoms with Gasteiger partial charge in [0, 0.05) is 37.6 Å². The first-order valence-corrected chi connectivity index (χ1v) is 30.4. The summed E-state index contributed by atoms with van der Waals surface area (Å²) in [6, 6.07) is 0. The number of ether oxygens (including phenoxy) is 8. The SMILES string of the molecule is C=[SH]NC(=O)CCOCCOCCOCCOCCOCCOCCOCCOCCNC(=O)CNC(=O)CNC(=O)CNC(=O)CNC(=O)[SH](CCC(=O)NC[C@H](C)C(=C)O)NC(=O)CN1C(=O)CC(C(CCCC)CCCC)C1=O. The molecule has 0 aromatic rings. The number of amides is 10. The Morgan fingerprint density at radius 2 is 1.01 bits per heavy atom. The van der Waals surface area contributed by atoms with E-state index in [9.17, 15) is 53.1 Å². The van der Waals surface area contributed by atoms with Crippen molar-refractivity contribution in [3.05, 3.63) is 12.3 Å². The van der Waals surface area contributed by atoms with Crippen LogP contribution in [0.4, 0.5) is 4.79 Å². The van der Waals surface area contributed by atoms with Gasteiger partial charge in [-0.25, -0.2) is 0 Å². The third-order valence-corrected chi connectivity index (χ3v) is 14.1. The zero-order valence-corrected chi connectivity index (χ0v) is 49.9. The minimum atomic E-state index is -2.20. The quantitative estimate of drug-likeness (QED) is 0.0117. The Labute approximate surface area is 488 Å². The molecule has 1 aliphatic rings. The molecule has 1 fully saturated rings. The largest absolute Gasteiger partial charge is 0.513 e. The van der Waals surface area contributed by atoms with Crippen LogP contribution < -0.4 is 41.3 Å². The molecule has 2 unspecified atom stereocenters. The molecule has 0 saturated carbocycles. The second-order valence-corrected chi connectivity index (χ2v) is 21.0. The van der Waals surface area contributed by atoms with E-state index >= 15 is 0 Å². The Kier molecular flexibility index (Phi) is 44.8. The third kappa shape index (κ3) is 39.2. The first kappa shape index (κ1) is 74.7. The van der Waals surface area contributed by atoms with Crippen LogP contribution >= 0.6 is 22.6 Å². The van der Waals surface area contributed by atoms with E-state index < -0.39 is 102 Å². The van der Waals surface area contributed by atoms with Gasteiger partial charge in [-0.3, -0.25) is 52.8 Å². The summed E-state index contributed by atoms with van der Waals surface area (Å²) in [5, 5.41) is 23.3. The standard InChI is InChI=1S/C52H93N9O19S2/c1-6-8-10-41(11-9-7-2)42-32-50(70)61(51(42)71)38-49(69)60-82(31-13-43(63)54-33-39(3)40(4)62)52(72)58-37-48(68)57-36-47(67)56-35-46(66)55-34-45(65)53-14-16-74-18-20-76-22-24-78-26-28-80-30-29-79-27-25-77-23-21-75-19-17-73-15-12-44(64)59-81-5/h39,41-42,62,81-82H,4-38H2,1-3H3,(H,53,65)(H,54,63)(H,55,66)(H,56,67)(H,57,68)(H,58,72)(H,59,64)(H,60,69)/t39-,42?/m0/s1. The van der Waals surface area contributed by atoms with Gasteiger partial charge >= 0.3 is 0 Å². The molecule has 0 aromatic carbocycles. The highest BCUT2D eigenvalue weighted by atomic mass is 32.2. The highest BCUT2D eigenvalue weighted by Gasteiger charge is 2.43. The topological polar surface area (TPSA) is 364 Å². The predicted molar refractivity (Wildman–Crippen MR) is 309 cm³/mol. The van der Waals surface area contributed by atoms with E-state index in [1.165, 1.54) is 0 Å². The van der Waals surface area contributed by atoms with Gasteiger partial charge < -0.3 is 84.3 Å². The average Bonchev–Trinajstić information content (AvgIpc) is 3.90. The monoisotopic (exact) mass is 1210 g/mol. The van der Waals surface area contributed by atoms with E-state index in [0.29, 0.717) is 104 Å². The van der Waals surface area contributed by atoms with E-state index in [2.05, 4.69) is 53.8 Å². The molecule has 0 aliphatic carbocycles. The molecule has 30 heteroatoms. The molecule has 82 heavy (non-hydrogen) atoms. The summed E-state index contributed by atoms with van der Waals surface area (Å²) in [6.45, 7) is 12.7. The van der Waals surface area contributed by atoms with Crippen LogP contribution in [0.3, 0.4) is 0 Å². The number of aliphatic hydroxyl groups is 1. The minimum Gasteiger partial charge on any atom is -0.513 e. The van der Waals surface area contributed by atoms with Gasteiger partial charge in [0.15, 0.2) is 0 Å². The lowest BCUT2D eigenvalue weighted by Crippen LogP contribution is -2.46. The summed E-state index contributed by atoms with van der Waals surface area (Å²) in [6.07, 6.45) is 5.28. The normalized spacial score (nSPS) is 14.0. The smallest absolute Gasteiger partial charge is 0.276 e. The molecule has 0 radical (unpaired) electrons. The highest BCUT2D eigenvalue weighted by Crippen LogP contribution is 2.33. The lowest BCUT2D eigenvalue weighted by molar-refractivity contribution is -0.143. The number of rotatable bonds is 51. The molecule has 0 spiro atoms. The maximum atomic E-state index is 13.4. The Hall–Kier alpha value is -5.31. The maximum Gasteiger partial charge on any atom is 0.276 e. The second kappa shape index (κ2) is 49.1. The van der Waals surface area contributed by atoms with E-state index in [1.807, 2.05) is 13.8 Å². The van der Waals surface area contributed by atoms with Crippen LogP contribution in [-0.2, 0) is 81.0 Å². The van der Waals surface area contributed by atoms with Crippen molar-refractivity contribution in [3.63, 3.8) is 0 Å². The van der Waals surface area contributed by atoms with Crippen molar-refractivity contribution < 1.29 is 90.9 Å².